The van der Waals surface area contributed by atoms with Gasteiger partial charge in [0.15, 0.2) is 14.1 Å². The molecular formula is C26H44O3Si. The van der Waals surface area contributed by atoms with Crippen LogP contribution in [0.15, 0.2) is 24.3 Å². The van der Waals surface area contributed by atoms with E-state index in [2.05, 4.69) is 60.9 Å². The summed E-state index contributed by atoms with van der Waals surface area (Å²) in [6, 6.07) is 0. The normalized spacial score (nSPS) is 39.4. The van der Waals surface area contributed by atoms with Crippen molar-refractivity contribution < 1.29 is 14.0 Å². The number of carbonyl (C=O) groups is 1. The summed E-state index contributed by atoms with van der Waals surface area (Å²) in [4.78, 5) is 13.9. The number of fused-ring (bicyclic) bond motifs is 1. The molecular weight excluding hydrogens is 388 g/mol. The molecule has 3 fully saturated rings. The topological polar surface area (TPSA) is 38.8 Å². The van der Waals surface area contributed by atoms with Crippen molar-refractivity contribution in [1.29, 1.82) is 0 Å². The average molecular weight is 433 g/mol. The molecule has 4 heteroatoms. The largest absolute Gasteiger partial charge is 0.405 e. The Morgan fingerprint density at radius 2 is 1.83 bits per heavy atom. The van der Waals surface area contributed by atoms with E-state index < -0.39 is 13.9 Å². The maximum absolute atomic E-state index is 13.9. The Morgan fingerprint density at radius 1 is 1.20 bits per heavy atom. The first-order valence-electron chi connectivity index (χ1n) is 11.8. The maximum atomic E-state index is 13.9. The first-order valence-corrected chi connectivity index (χ1v) is 14.8. The fraction of sp³-hybridized carbons (Fsp3) is 0.808. The van der Waals surface area contributed by atoms with Crippen molar-refractivity contribution in [2.75, 3.05) is 0 Å². The Hall–Kier alpha value is -0.713. The van der Waals surface area contributed by atoms with E-state index in [0.717, 1.165) is 44.1 Å². The first-order chi connectivity index (χ1) is 13.6. The summed E-state index contributed by atoms with van der Waals surface area (Å²) in [5.41, 5.74) is 1.78. The number of hydrogen-bond donors (Lipinski definition) is 0. The lowest BCUT2D eigenvalue weighted by molar-refractivity contribution is -0.144. The van der Waals surface area contributed by atoms with Crippen LogP contribution in [-0.2, 0) is 14.0 Å². The quantitative estimate of drug-likeness (QED) is 0.262. The lowest BCUT2D eigenvalue weighted by Gasteiger charge is -2.48. The van der Waals surface area contributed by atoms with Gasteiger partial charge in [-0.2, -0.15) is 0 Å². The smallest absolute Gasteiger partial charge is 0.193 e. The highest BCUT2D eigenvalue weighted by atomic mass is 28.4. The van der Waals surface area contributed by atoms with Crippen LogP contribution >= 0.6 is 0 Å². The van der Waals surface area contributed by atoms with Crippen molar-refractivity contribution in [2.45, 2.75) is 116 Å². The maximum Gasteiger partial charge on any atom is 0.193 e. The molecule has 2 saturated carbocycles. The number of ether oxygens (including phenoxy) is 1. The van der Waals surface area contributed by atoms with Crippen molar-refractivity contribution in [3.8, 4) is 0 Å². The van der Waals surface area contributed by atoms with E-state index in [0.29, 0.717) is 12.0 Å². The zero-order chi connectivity index (χ0) is 22.7. The molecule has 0 aromatic carbocycles. The van der Waals surface area contributed by atoms with E-state index in [1.165, 1.54) is 5.57 Å². The van der Waals surface area contributed by atoms with Gasteiger partial charge in [-0.3, -0.25) is 4.79 Å². The molecule has 170 valence electrons. The molecule has 3 rings (SSSR count). The zero-order valence-corrected chi connectivity index (χ0v) is 21.7. The number of Topliss-reactive ketones (excluding diaryl/α,β-unsaturated/α-hetero) is 1. The van der Waals surface area contributed by atoms with E-state index in [-0.39, 0.29) is 28.3 Å². The zero-order valence-electron chi connectivity index (χ0n) is 20.7. The number of hydrogen-bond acceptors (Lipinski definition) is 3. The highest BCUT2D eigenvalue weighted by Gasteiger charge is 2.56. The Kier molecular flexibility index (Phi) is 6.15. The van der Waals surface area contributed by atoms with Crippen molar-refractivity contribution >= 4 is 14.1 Å². The van der Waals surface area contributed by atoms with E-state index in [4.69, 9.17) is 9.16 Å². The SMILES string of the molecule is C=C(C[C@@H]1C(=O)[C@@](C)(O[Si](C)(C)C(C)(C)C)CC[C@H]1C(=C)C)[C@H]1CC[C@@]2(C)O[C@H]2C1. The van der Waals surface area contributed by atoms with Gasteiger partial charge in [0.25, 0.3) is 0 Å². The Bertz CT molecular complexity index is 733. The number of carbonyl (C=O) groups excluding carboxylic acids is 1. The first kappa shape index (κ1) is 23.9. The summed E-state index contributed by atoms with van der Waals surface area (Å²) < 4.78 is 12.7. The molecule has 3 aliphatic rings. The van der Waals surface area contributed by atoms with Crippen LogP contribution in [0.25, 0.3) is 0 Å². The van der Waals surface area contributed by atoms with Gasteiger partial charge in [-0.15, -0.1) is 0 Å². The molecule has 0 bridgehead atoms. The Labute approximate surface area is 185 Å². The number of allylic oxidation sites excluding steroid dienone is 2. The second kappa shape index (κ2) is 7.70. The van der Waals surface area contributed by atoms with E-state index in [9.17, 15) is 4.79 Å². The van der Waals surface area contributed by atoms with Crippen molar-refractivity contribution in [2.24, 2.45) is 17.8 Å². The molecule has 2 aliphatic carbocycles. The summed E-state index contributed by atoms with van der Waals surface area (Å²) >= 11 is 0. The highest BCUT2D eigenvalue weighted by Crippen LogP contribution is 2.52. The van der Waals surface area contributed by atoms with Crippen LogP contribution in [-0.4, -0.2) is 31.4 Å². The minimum Gasteiger partial charge on any atom is -0.405 e. The third-order valence-corrected chi connectivity index (χ3v) is 13.4. The predicted molar refractivity (Wildman–Crippen MR) is 127 cm³/mol. The third kappa shape index (κ3) is 4.42. The molecule has 1 heterocycles. The molecule has 1 saturated heterocycles. The monoisotopic (exact) mass is 432 g/mol. The number of rotatable bonds is 6. The summed E-state index contributed by atoms with van der Waals surface area (Å²) in [7, 11) is -2.05. The van der Waals surface area contributed by atoms with Gasteiger partial charge < -0.3 is 9.16 Å². The van der Waals surface area contributed by atoms with Crippen LogP contribution < -0.4 is 0 Å². The molecule has 0 N–H and O–H groups in total. The van der Waals surface area contributed by atoms with E-state index in [1.807, 2.05) is 6.92 Å². The van der Waals surface area contributed by atoms with Gasteiger partial charge >= 0.3 is 0 Å². The van der Waals surface area contributed by atoms with Crippen molar-refractivity contribution in [1.82, 2.24) is 0 Å². The van der Waals surface area contributed by atoms with Crippen molar-refractivity contribution in [3.63, 3.8) is 0 Å². The fourth-order valence-electron chi connectivity index (χ4n) is 5.44. The Morgan fingerprint density at radius 3 is 2.37 bits per heavy atom. The molecule has 1 aliphatic heterocycles. The molecule has 0 aromatic rings. The standard InChI is InChI=1S/C26H44O3Si/c1-17(2)20-12-14-26(8,29-30(9,10)24(4,5)6)23(27)21(20)15-18(3)19-11-13-25(7)22(16-19)28-25/h19-22H,1,3,11-16H2,2,4-10H3/t19-,20-,21-,22-,25+,26-/m0/s1. The number of ketones is 1. The molecule has 3 nitrogen and oxygen atoms in total. The molecule has 0 aromatic heterocycles. The van der Waals surface area contributed by atoms with Crippen LogP contribution in [0.2, 0.25) is 18.1 Å². The molecule has 0 amide bonds. The fourth-order valence-corrected chi connectivity index (χ4v) is 7.07. The van der Waals surface area contributed by atoms with Gasteiger partial charge in [0.2, 0.25) is 0 Å². The van der Waals surface area contributed by atoms with Gasteiger partial charge in [-0.25, -0.2) is 0 Å². The predicted octanol–water partition coefficient (Wildman–Crippen LogP) is 6.84. The summed E-state index contributed by atoms with van der Waals surface area (Å²) in [6.45, 7) is 26.3. The van der Waals surface area contributed by atoms with Gasteiger partial charge in [-0.05, 0) is 89.3 Å². The van der Waals surface area contributed by atoms with Gasteiger partial charge in [0.1, 0.15) is 5.60 Å². The Balaban J connectivity index is 1.76. The third-order valence-electron chi connectivity index (χ3n) is 8.78. The molecule has 0 spiro atoms. The summed E-state index contributed by atoms with van der Waals surface area (Å²) in [5.74, 6) is 0.915. The molecule has 0 unspecified atom stereocenters. The second-order valence-corrected chi connectivity index (χ2v) is 17.0. The van der Waals surface area contributed by atoms with Gasteiger partial charge in [-0.1, -0.05) is 45.1 Å². The van der Waals surface area contributed by atoms with Crippen LogP contribution in [0.3, 0.4) is 0 Å². The minimum atomic E-state index is -2.05. The lowest BCUT2D eigenvalue weighted by atomic mass is 9.65. The molecule has 0 radical (unpaired) electrons. The van der Waals surface area contributed by atoms with Crippen LogP contribution in [0, 0.1) is 17.8 Å². The van der Waals surface area contributed by atoms with E-state index >= 15 is 0 Å². The lowest BCUT2D eigenvalue weighted by Crippen LogP contribution is -2.56. The van der Waals surface area contributed by atoms with Crippen LogP contribution in [0.4, 0.5) is 0 Å². The summed E-state index contributed by atoms with van der Waals surface area (Å²) in [6.07, 6.45) is 6.21. The van der Waals surface area contributed by atoms with Crippen LogP contribution in [0.1, 0.15) is 80.1 Å². The van der Waals surface area contributed by atoms with Crippen molar-refractivity contribution in [3.05, 3.63) is 24.3 Å². The van der Waals surface area contributed by atoms with Gasteiger partial charge in [0, 0.05) is 5.92 Å². The van der Waals surface area contributed by atoms with Gasteiger partial charge in [0.05, 0.1) is 11.7 Å². The van der Waals surface area contributed by atoms with Crippen LogP contribution in [0.5, 0.6) is 0 Å². The highest BCUT2D eigenvalue weighted by molar-refractivity contribution is 6.74. The summed E-state index contributed by atoms with van der Waals surface area (Å²) in [5, 5.41) is 0.0829. The number of epoxide rings is 1. The molecule has 30 heavy (non-hydrogen) atoms. The second-order valence-electron chi connectivity index (χ2n) is 12.3. The van der Waals surface area contributed by atoms with E-state index in [1.54, 1.807) is 0 Å². The minimum absolute atomic E-state index is 0.0630. The molecule has 6 atom stereocenters. The average Bonchev–Trinajstić information content (AvgIpc) is 3.27.